The standard InChI is InChI=1S/C11H14BrNO2/c1-15-9-5-4-7(10(12)11(9)14)8-3-2-6-13-8/h4-5,8,13-14H,2-3,6H2,1H3/t8-/m0/s1. The van der Waals surface area contributed by atoms with Crippen LogP contribution in [0, 0.1) is 0 Å². The molecule has 4 heteroatoms. The third-order valence-electron chi connectivity index (χ3n) is 2.76. The highest BCUT2D eigenvalue weighted by Gasteiger charge is 2.21. The zero-order chi connectivity index (χ0) is 10.8. The largest absolute Gasteiger partial charge is 0.503 e. The van der Waals surface area contributed by atoms with Gasteiger partial charge in [0.1, 0.15) is 0 Å². The van der Waals surface area contributed by atoms with Crippen molar-refractivity contribution in [2.45, 2.75) is 18.9 Å². The van der Waals surface area contributed by atoms with Crippen LogP contribution in [0.25, 0.3) is 0 Å². The van der Waals surface area contributed by atoms with Crippen molar-refractivity contribution in [3.8, 4) is 11.5 Å². The minimum atomic E-state index is 0.184. The van der Waals surface area contributed by atoms with Gasteiger partial charge in [-0.1, -0.05) is 6.07 Å². The Balaban J connectivity index is 2.36. The number of aromatic hydroxyl groups is 1. The minimum absolute atomic E-state index is 0.184. The molecule has 1 aromatic carbocycles. The topological polar surface area (TPSA) is 41.5 Å². The summed E-state index contributed by atoms with van der Waals surface area (Å²) in [6.07, 6.45) is 2.30. The van der Waals surface area contributed by atoms with E-state index in [4.69, 9.17) is 4.74 Å². The summed E-state index contributed by atoms with van der Waals surface area (Å²) in [4.78, 5) is 0. The maximum Gasteiger partial charge on any atom is 0.172 e. The normalized spacial score (nSPS) is 20.5. The molecule has 82 valence electrons. The van der Waals surface area contributed by atoms with Gasteiger partial charge in [-0.25, -0.2) is 0 Å². The molecule has 1 aromatic rings. The number of ether oxygens (including phenoxy) is 1. The van der Waals surface area contributed by atoms with Crippen LogP contribution in [0.5, 0.6) is 11.5 Å². The molecule has 0 radical (unpaired) electrons. The fraction of sp³-hybridized carbons (Fsp3) is 0.455. The lowest BCUT2D eigenvalue weighted by molar-refractivity contribution is 0.371. The second-order valence-corrected chi connectivity index (χ2v) is 4.46. The average molecular weight is 272 g/mol. The number of benzene rings is 1. The molecule has 3 nitrogen and oxygen atoms in total. The molecule has 2 N–H and O–H groups in total. The van der Waals surface area contributed by atoms with Crippen molar-refractivity contribution in [1.29, 1.82) is 0 Å². The highest BCUT2D eigenvalue weighted by Crippen LogP contribution is 2.40. The van der Waals surface area contributed by atoms with Gasteiger partial charge in [0.05, 0.1) is 11.6 Å². The van der Waals surface area contributed by atoms with Crippen LogP contribution in [0.2, 0.25) is 0 Å². The predicted molar refractivity (Wildman–Crippen MR) is 62.3 cm³/mol. The SMILES string of the molecule is COc1ccc([C@@H]2CCCN2)c(Br)c1O. The third-order valence-corrected chi connectivity index (χ3v) is 3.60. The smallest absolute Gasteiger partial charge is 0.172 e. The lowest BCUT2D eigenvalue weighted by atomic mass is 10.0. The van der Waals surface area contributed by atoms with Crippen LogP contribution in [-0.4, -0.2) is 18.8 Å². The van der Waals surface area contributed by atoms with Gasteiger partial charge in [-0.15, -0.1) is 0 Å². The van der Waals surface area contributed by atoms with E-state index in [1.165, 1.54) is 6.42 Å². The first-order valence-corrected chi connectivity index (χ1v) is 5.82. The van der Waals surface area contributed by atoms with E-state index in [2.05, 4.69) is 21.2 Å². The van der Waals surface area contributed by atoms with Crippen LogP contribution in [0.15, 0.2) is 16.6 Å². The number of halogens is 1. The Bertz CT molecular complexity index is 362. The highest BCUT2D eigenvalue weighted by atomic mass is 79.9. The fourth-order valence-electron chi connectivity index (χ4n) is 1.95. The molecular formula is C11H14BrNO2. The molecule has 1 atom stereocenters. The molecule has 2 rings (SSSR count). The maximum absolute atomic E-state index is 9.84. The molecule has 0 amide bonds. The van der Waals surface area contributed by atoms with Crippen molar-refractivity contribution in [3.05, 3.63) is 22.2 Å². The fourth-order valence-corrected chi connectivity index (χ4v) is 2.55. The van der Waals surface area contributed by atoms with E-state index in [0.29, 0.717) is 11.8 Å². The van der Waals surface area contributed by atoms with Crippen molar-refractivity contribution < 1.29 is 9.84 Å². The van der Waals surface area contributed by atoms with E-state index < -0.39 is 0 Å². The summed E-state index contributed by atoms with van der Waals surface area (Å²) in [5.74, 6) is 0.687. The van der Waals surface area contributed by atoms with Gasteiger partial charge in [-0.3, -0.25) is 0 Å². The number of phenolic OH excluding ortho intramolecular Hbond substituents is 1. The van der Waals surface area contributed by atoms with E-state index in [1.54, 1.807) is 13.2 Å². The average Bonchev–Trinajstić information content (AvgIpc) is 2.75. The molecule has 0 spiro atoms. The second-order valence-electron chi connectivity index (χ2n) is 3.67. The number of rotatable bonds is 2. The van der Waals surface area contributed by atoms with Crippen molar-refractivity contribution in [2.75, 3.05) is 13.7 Å². The summed E-state index contributed by atoms with van der Waals surface area (Å²) in [5, 5.41) is 13.2. The second kappa shape index (κ2) is 4.41. The lowest BCUT2D eigenvalue weighted by Gasteiger charge is -2.15. The third kappa shape index (κ3) is 1.96. The first-order valence-electron chi connectivity index (χ1n) is 5.02. The van der Waals surface area contributed by atoms with E-state index in [0.717, 1.165) is 23.0 Å². The van der Waals surface area contributed by atoms with Gasteiger partial charge in [0, 0.05) is 6.04 Å². The Labute approximate surface area is 97.6 Å². The van der Waals surface area contributed by atoms with Gasteiger partial charge in [-0.2, -0.15) is 0 Å². The summed E-state index contributed by atoms with van der Waals surface area (Å²) in [6.45, 7) is 1.05. The Hall–Kier alpha value is -0.740. The Morgan fingerprint density at radius 1 is 1.53 bits per heavy atom. The molecule has 1 aliphatic rings. The molecule has 15 heavy (non-hydrogen) atoms. The summed E-state index contributed by atoms with van der Waals surface area (Å²) in [7, 11) is 1.55. The molecule has 0 saturated carbocycles. The zero-order valence-corrected chi connectivity index (χ0v) is 10.2. The number of methoxy groups -OCH3 is 1. The summed E-state index contributed by atoms with van der Waals surface area (Å²) in [5.41, 5.74) is 1.10. The first-order chi connectivity index (χ1) is 7.24. The van der Waals surface area contributed by atoms with Gasteiger partial charge in [0.2, 0.25) is 0 Å². The molecule has 1 fully saturated rings. The van der Waals surface area contributed by atoms with Gasteiger partial charge in [-0.05, 0) is 46.9 Å². The first kappa shape index (κ1) is 10.8. The molecule has 1 heterocycles. The van der Waals surface area contributed by atoms with Gasteiger partial charge in [0.15, 0.2) is 11.5 Å². The maximum atomic E-state index is 9.84. The Morgan fingerprint density at radius 3 is 2.93 bits per heavy atom. The van der Waals surface area contributed by atoms with E-state index in [9.17, 15) is 5.11 Å². The number of hydrogen-bond donors (Lipinski definition) is 2. The minimum Gasteiger partial charge on any atom is -0.503 e. The summed E-state index contributed by atoms with van der Waals surface area (Å²) < 4.78 is 5.78. The number of nitrogens with one attached hydrogen (secondary N) is 1. The molecule has 0 aliphatic carbocycles. The highest BCUT2D eigenvalue weighted by molar-refractivity contribution is 9.10. The number of hydrogen-bond acceptors (Lipinski definition) is 3. The van der Waals surface area contributed by atoms with E-state index in [-0.39, 0.29) is 5.75 Å². The van der Waals surface area contributed by atoms with E-state index >= 15 is 0 Å². The lowest BCUT2D eigenvalue weighted by Crippen LogP contribution is -2.13. The van der Waals surface area contributed by atoms with Crippen LogP contribution in [-0.2, 0) is 0 Å². The quantitative estimate of drug-likeness (QED) is 0.869. The monoisotopic (exact) mass is 271 g/mol. The summed E-state index contributed by atoms with van der Waals surface area (Å²) in [6, 6.07) is 4.14. The van der Waals surface area contributed by atoms with Crippen molar-refractivity contribution in [3.63, 3.8) is 0 Å². The van der Waals surface area contributed by atoms with Gasteiger partial charge >= 0.3 is 0 Å². The molecule has 0 aromatic heterocycles. The molecule has 0 bridgehead atoms. The van der Waals surface area contributed by atoms with Crippen molar-refractivity contribution in [2.24, 2.45) is 0 Å². The predicted octanol–water partition coefficient (Wildman–Crippen LogP) is 2.59. The molecule has 1 saturated heterocycles. The van der Waals surface area contributed by atoms with Crippen LogP contribution in [0.3, 0.4) is 0 Å². The van der Waals surface area contributed by atoms with Crippen LogP contribution >= 0.6 is 15.9 Å². The van der Waals surface area contributed by atoms with Gasteiger partial charge < -0.3 is 15.2 Å². The van der Waals surface area contributed by atoms with Crippen molar-refractivity contribution in [1.82, 2.24) is 5.32 Å². The zero-order valence-electron chi connectivity index (χ0n) is 8.59. The molecular weight excluding hydrogens is 258 g/mol. The van der Waals surface area contributed by atoms with Crippen LogP contribution in [0.4, 0.5) is 0 Å². The summed E-state index contributed by atoms with van der Waals surface area (Å²) >= 11 is 3.41. The molecule has 1 aliphatic heterocycles. The Morgan fingerprint density at radius 2 is 2.33 bits per heavy atom. The van der Waals surface area contributed by atoms with E-state index in [1.807, 2.05) is 6.07 Å². The number of phenols is 1. The van der Waals surface area contributed by atoms with Crippen LogP contribution in [0.1, 0.15) is 24.4 Å². The van der Waals surface area contributed by atoms with Crippen molar-refractivity contribution >= 4 is 15.9 Å². The van der Waals surface area contributed by atoms with Gasteiger partial charge in [0.25, 0.3) is 0 Å². The van der Waals surface area contributed by atoms with Crippen LogP contribution < -0.4 is 10.1 Å². The molecule has 0 unspecified atom stereocenters. The Kier molecular flexibility index (Phi) is 3.17.